The van der Waals surface area contributed by atoms with Crippen LogP contribution in [-0.4, -0.2) is 14.6 Å². The van der Waals surface area contributed by atoms with Gasteiger partial charge in [-0.15, -0.1) is 0 Å². The minimum atomic E-state index is 0.263. The lowest BCUT2D eigenvalue weighted by Crippen LogP contribution is -2.05. The molecule has 2 aromatic rings. The summed E-state index contributed by atoms with van der Waals surface area (Å²) in [4.78, 5) is 8.01. The molecule has 5 heteroatoms. The van der Waals surface area contributed by atoms with Gasteiger partial charge in [0.2, 0.25) is 5.28 Å². The predicted molar refractivity (Wildman–Crippen MR) is 50.6 cm³/mol. The summed E-state index contributed by atoms with van der Waals surface area (Å²) >= 11 is 5.69. The lowest BCUT2D eigenvalue weighted by atomic mass is 10.2. The van der Waals surface area contributed by atoms with Gasteiger partial charge in [-0.05, 0) is 23.7 Å². The molecule has 0 unspecified atom stereocenters. The fourth-order valence-corrected chi connectivity index (χ4v) is 1.16. The summed E-state index contributed by atoms with van der Waals surface area (Å²) in [5, 5.41) is 0.263. The lowest BCUT2D eigenvalue weighted by Gasteiger charge is -1.91. The first kappa shape index (κ1) is 8.07. The summed E-state index contributed by atoms with van der Waals surface area (Å²) in [6.07, 6.45) is 5.06. The quantitative estimate of drug-likeness (QED) is 0.697. The Morgan fingerprint density at radius 3 is 2.85 bits per heavy atom. The maximum atomic E-state index is 5.69. The number of nitrogens with two attached hydrogens (primary N) is 1. The highest BCUT2D eigenvalue weighted by Crippen LogP contribution is 2.17. The summed E-state index contributed by atoms with van der Waals surface area (Å²) in [6, 6.07) is 3.73. The van der Waals surface area contributed by atoms with E-state index in [1.807, 2.05) is 12.1 Å². The second kappa shape index (κ2) is 3.06. The van der Waals surface area contributed by atoms with Crippen molar-refractivity contribution in [2.75, 3.05) is 5.84 Å². The molecule has 0 saturated carbocycles. The molecule has 0 spiro atoms. The van der Waals surface area contributed by atoms with Crippen LogP contribution in [0.15, 0.2) is 30.7 Å². The Balaban J connectivity index is 2.48. The van der Waals surface area contributed by atoms with Gasteiger partial charge >= 0.3 is 0 Å². The second-order valence-electron chi connectivity index (χ2n) is 2.54. The molecule has 0 aliphatic carbocycles. The van der Waals surface area contributed by atoms with E-state index in [0.29, 0.717) is 0 Å². The van der Waals surface area contributed by atoms with Crippen LogP contribution in [-0.2, 0) is 0 Å². The zero-order chi connectivity index (χ0) is 9.26. The molecule has 0 radical (unpaired) electrons. The third-order valence-corrected chi connectivity index (χ3v) is 1.92. The van der Waals surface area contributed by atoms with Crippen LogP contribution in [0, 0.1) is 0 Å². The van der Waals surface area contributed by atoms with Crippen LogP contribution in [0.25, 0.3) is 11.3 Å². The zero-order valence-corrected chi connectivity index (χ0v) is 7.44. The van der Waals surface area contributed by atoms with Crippen LogP contribution in [0.3, 0.4) is 0 Å². The molecule has 13 heavy (non-hydrogen) atoms. The molecule has 0 atom stereocenters. The van der Waals surface area contributed by atoms with Crippen LogP contribution in [0.5, 0.6) is 0 Å². The van der Waals surface area contributed by atoms with Gasteiger partial charge in [0.15, 0.2) is 0 Å². The predicted octanol–water partition coefficient (Wildman–Crippen LogP) is 1.31. The zero-order valence-electron chi connectivity index (χ0n) is 6.68. The molecule has 0 saturated heterocycles. The van der Waals surface area contributed by atoms with E-state index in [-0.39, 0.29) is 5.28 Å². The van der Waals surface area contributed by atoms with E-state index in [0.717, 1.165) is 11.3 Å². The summed E-state index contributed by atoms with van der Waals surface area (Å²) in [5.74, 6) is 5.48. The van der Waals surface area contributed by atoms with Crippen LogP contribution >= 0.6 is 11.6 Å². The Bertz CT molecular complexity index is 390. The number of aromatic nitrogens is 3. The van der Waals surface area contributed by atoms with Gasteiger partial charge in [-0.1, -0.05) is 0 Å². The third kappa shape index (κ3) is 1.48. The van der Waals surface area contributed by atoms with Crippen molar-refractivity contribution >= 4 is 11.6 Å². The Morgan fingerprint density at radius 1 is 1.46 bits per heavy atom. The highest BCUT2D eigenvalue weighted by atomic mass is 35.5. The maximum absolute atomic E-state index is 5.69. The molecule has 0 aliphatic rings. The summed E-state index contributed by atoms with van der Waals surface area (Å²) in [7, 11) is 0. The molecule has 2 rings (SSSR count). The van der Waals surface area contributed by atoms with Gasteiger partial charge in [-0.3, -0.25) is 4.98 Å². The Hall–Kier alpha value is -1.55. The van der Waals surface area contributed by atoms with Gasteiger partial charge in [0.25, 0.3) is 0 Å². The minimum Gasteiger partial charge on any atom is -0.337 e. The van der Waals surface area contributed by atoms with Gasteiger partial charge in [0.05, 0.1) is 11.9 Å². The number of nitrogen functional groups attached to an aromatic ring is 1. The average Bonchev–Trinajstić information content (AvgIpc) is 2.49. The topological polar surface area (TPSA) is 56.7 Å². The van der Waals surface area contributed by atoms with E-state index in [4.69, 9.17) is 17.4 Å². The van der Waals surface area contributed by atoms with E-state index in [1.165, 1.54) is 4.68 Å². The van der Waals surface area contributed by atoms with Gasteiger partial charge in [-0.2, -0.15) is 0 Å². The van der Waals surface area contributed by atoms with Crippen molar-refractivity contribution in [1.29, 1.82) is 0 Å². The fourth-order valence-electron chi connectivity index (χ4n) is 1.02. The smallest absolute Gasteiger partial charge is 0.221 e. The normalized spacial score (nSPS) is 10.2. The maximum Gasteiger partial charge on any atom is 0.221 e. The first-order chi connectivity index (χ1) is 6.27. The van der Waals surface area contributed by atoms with E-state index in [2.05, 4.69) is 9.97 Å². The van der Waals surface area contributed by atoms with Crippen molar-refractivity contribution in [2.24, 2.45) is 0 Å². The van der Waals surface area contributed by atoms with Crippen LogP contribution in [0.1, 0.15) is 0 Å². The first-order valence-corrected chi connectivity index (χ1v) is 4.05. The van der Waals surface area contributed by atoms with Gasteiger partial charge < -0.3 is 5.84 Å². The number of nitrogens with zero attached hydrogens (tertiary/aromatic N) is 3. The van der Waals surface area contributed by atoms with Gasteiger partial charge in [0.1, 0.15) is 0 Å². The molecular weight excluding hydrogens is 188 g/mol. The number of halogens is 1. The fraction of sp³-hybridized carbons (Fsp3) is 0. The number of hydrogen-bond donors (Lipinski definition) is 1. The third-order valence-electron chi connectivity index (χ3n) is 1.64. The molecule has 0 amide bonds. The number of rotatable bonds is 1. The molecule has 2 N–H and O–H groups in total. The average molecular weight is 195 g/mol. The second-order valence-corrected chi connectivity index (χ2v) is 2.88. The minimum absolute atomic E-state index is 0.263. The van der Waals surface area contributed by atoms with Crippen molar-refractivity contribution in [1.82, 2.24) is 14.6 Å². The SMILES string of the molecule is Nn1cc(-c2cccnc2)nc1Cl. The highest BCUT2D eigenvalue weighted by molar-refractivity contribution is 6.28. The van der Waals surface area contributed by atoms with Crippen molar-refractivity contribution in [3.05, 3.63) is 36.0 Å². The standard InChI is InChI=1S/C8H7ClN4/c9-8-12-7(5-13(8)10)6-2-1-3-11-4-6/h1-5H,10H2. The van der Waals surface area contributed by atoms with E-state index in [1.54, 1.807) is 18.6 Å². The first-order valence-electron chi connectivity index (χ1n) is 3.68. The molecule has 0 bridgehead atoms. The Kier molecular flexibility index (Phi) is 1.90. The monoisotopic (exact) mass is 194 g/mol. The highest BCUT2D eigenvalue weighted by Gasteiger charge is 2.04. The van der Waals surface area contributed by atoms with Crippen LogP contribution < -0.4 is 5.84 Å². The van der Waals surface area contributed by atoms with E-state index >= 15 is 0 Å². The Labute approximate surface area is 80.0 Å². The number of imidazole rings is 1. The number of pyridine rings is 1. The molecule has 0 aromatic carbocycles. The van der Waals surface area contributed by atoms with Crippen molar-refractivity contribution in [3.8, 4) is 11.3 Å². The molecular formula is C8H7ClN4. The molecule has 2 aromatic heterocycles. The van der Waals surface area contributed by atoms with Crippen molar-refractivity contribution in [2.45, 2.75) is 0 Å². The summed E-state index contributed by atoms with van der Waals surface area (Å²) in [5.41, 5.74) is 1.62. The molecule has 4 nitrogen and oxygen atoms in total. The van der Waals surface area contributed by atoms with E-state index < -0.39 is 0 Å². The molecule has 66 valence electrons. The molecule has 2 heterocycles. The molecule has 0 fully saturated rings. The van der Waals surface area contributed by atoms with Crippen molar-refractivity contribution in [3.63, 3.8) is 0 Å². The van der Waals surface area contributed by atoms with Gasteiger partial charge in [0, 0.05) is 18.0 Å². The summed E-state index contributed by atoms with van der Waals surface area (Å²) in [6.45, 7) is 0. The van der Waals surface area contributed by atoms with Crippen LogP contribution in [0.2, 0.25) is 5.28 Å². The van der Waals surface area contributed by atoms with Crippen molar-refractivity contribution < 1.29 is 0 Å². The van der Waals surface area contributed by atoms with Gasteiger partial charge in [-0.25, -0.2) is 9.66 Å². The summed E-state index contributed by atoms with van der Waals surface area (Å²) < 4.78 is 1.27. The van der Waals surface area contributed by atoms with Crippen LogP contribution in [0.4, 0.5) is 0 Å². The molecule has 0 aliphatic heterocycles. The Morgan fingerprint density at radius 2 is 2.31 bits per heavy atom. The number of hydrogen-bond acceptors (Lipinski definition) is 3. The largest absolute Gasteiger partial charge is 0.337 e. The van der Waals surface area contributed by atoms with E-state index in [9.17, 15) is 0 Å². The lowest BCUT2D eigenvalue weighted by molar-refractivity contribution is 1.00.